The summed E-state index contributed by atoms with van der Waals surface area (Å²) in [5.41, 5.74) is 1.20. The molecule has 0 aromatic heterocycles. The molecule has 2 N–H and O–H groups in total. The second kappa shape index (κ2) is 17.2. The lowest BCUT2D eigenvalue weighted by Gasteiger charge is -2.18. The average molecular weight is 492 g/mol. The maximum absolute atomic E-state index is 5.80. The molecule has 1 rings (SSSR count). The minimum Gasteiger partial charge on any atom is -0.383 e. The Kier molecular flexibility index (Phi) is 16.6. The lowest BCUT2D eigenvalue weighted by molar-refractivity contribution is 0.0945. The van der Waals surface area contributed by atoms with E-state index in [4.69, 9.17) is 9.47 Å². The van der Waals surface area contributed by atoms with E-state index in [0.29, 0.717) is 19.1 Å². The number of methoxy groups -OCH3 is 1. The highest BCUT2D eigenvalue weighted by Gasteiger charge is 2.04. The SMILES string of the molecule is CCNC(=NCC(C)COCc1ccccc1)NCCN(C)CCOC.I. The smallest absolute Gasteiger partial charge is 0.191 e. The number of guanidine groups is 1. The average Bonchev–Trinajstić information content (AvgIpc) is 2.65. The zero-order valence-electron chi connectivity index (χ0n) is 17.2. The Balaban J connectivity index is 0.00000676. The van der Waals surface area contributed by atoms with Gasteiger partial charge in [0.15, 0.2) is 5.96 Å². The fourth-order valence-electron chi connectivity index (χ4n) is 2.32. The van der Waals surface area contributed by atoms with Crippen LogP contribution >= 0.6 is 24.0 Å². The van der Waals surface area contributed by atoms with Gasteiger partial charge in [-0.25, -0.2) is 0 Å². The van der Waals surface area contributed by atoms with Gasteiger partial charge < -0.3 is 25.0 Å². The van der Waals surface area contributed by atoms with Gasteiger partial charge in [-0.1, -0.05) is 37.3 Å². The normalized spacial score (nSPS) is 12.6. The summed E-state index contributed by atoms with van der Waals surface area (Å²) in [5.74, 6) is 1.24. The highest BCUT2D eigenvalue weighted by Crippen LogP contribution is 2.03. The topological polar surface area (TPSA) is 58.1 Å². The molecule has 0 amide bonds. The first kappa shape index (κ1) is 26.1. The Morgan fingerprint density at radius 1 is 1.19 bits per heavy atom. The van der Waals surface area contributed by atoms with Gasteiger partial charge in [-0.2, -0.15) is 0 Å². The Morgan fingerprint density at radius 2 is 1.93 bits per heavy atom. The van der Waals surface area contributed by atoms with Crippen LogP contribution in [0, 0.1) is 5.92 Å². The van der Waals surface area contributed by atoms with E-state index in [9.17, 15) is 0 Å². The first-order valence-corrected chi connectivity index (χ1v) is 9.47. The molecule has 1 atom stereocenters. The van der Waals surface area contributed by atoms with Gasteiger partial charge in [0.1, 0.15) is 0 Å². The molecule has 0 fully saturated rings. The molecule has 0 spiro atoms. The van der Waals surface area contributed by atoms with Gasteiger partial charge in [0, 0.05) is 39.8 Å². The van der Waals surface area contributed by atoms with Crippen LogP contribution in [0.3, 0.4) is 0 Å². The third kappa shape index (κ3) is 13.8. The first-order chi connectivity index (χ1) is 12.7. The molecule has 0 aliphatic carbocycles. The lowest BCUT2D eigenvalue weighted by Crippen LogP contribution is -2.41. The molecular weight excluding hydrogens is 455 g/mol. The van der Waals surface area contributed by atoms with E-state index in [1.165, 1.54) is 5.56 Å². The third-order valence-corrected chi connectivity index (χ3v) is 3.88. The molecule has 0 aliphatic rings. The number of aliphatic imine (C=N–C) groups is 1. The van der Waals surface area contributed by atoms with Crippen LogP contribution in [0.2, 0.25) is 0 Å². The number of nitrogens with zero attached hydrogens (tertiary/aromatic N) is 2. The molecule has 0 saturated heterocycles. The van der Waals surface area contributed by atoms with Gasteiger partial charge in [-0.05, 0) is 25.5 Å². The summed E-state index contributed by atoms with van der Waals surface area (Å²) < 4.78 is 10.9. The van der Waals surface area contributed by atoms with E-state index >= 15 is 0 Å². The number of halogens is 1. The Hall–Kier alpha value is -0.900. The monoisotopic (exact) mass is 492 g/mol. The highest BCUT2D eigenvalue weighted by molar-refractivity contribution is 14.0. The Morgan fingerprint density at radius 3 is 2.59 bits per heavy atom. The number of ether oxygens (including phenoxy) is 2. The van der Waals surface area contributed by atoms with E-state index in [1.807, 2.05) is 18.2 Å². The first-order valence-electron chi connectivity index (χ1n) is 9.47. The van der Waals surface area contributed by atoms with Crippen LogP contribution in [0.25, 0.3) is 0 Å². The zero-order valence-corrected chi connectivity index (χ0v) is 19.6. The Bertz CT molecular complexity index is 488. The van der Waals surface area contributed by atoms with Crippen molar-refractivity contribution >= 4 is 29.9 Å². The van der Waals surface area contributed by atoms with Gasteiger partial charge in [-0.3, -0.25) is 4.99 Å². The predicted molar refractivity (Wildman–Crippen MR) is 124 cm³/mol. The van der Waals surface area contributed by atoms with Crippen LogP contribution in [-0.2, 0) is 16.1 Å². The molecule has 0 heterocycles. The van der Waals surface area contributed by atoms with Gasteiger partial charge in [0.05, 0.1) is 19.8 Å². The van der Waals surface area contributed by atoms with Crippen LogP contribution in [0.4, 0.5) is 0 Å². The molecule has 156 valence electrons. The molecule has 7 heteroatoms. The molecule has 0 bridgehead atoms. The third-order valence-electron chi connectivity index (χ3n) is 3.88. The van der Waals surface area contributed by atoms with Crippen molar-refractivity contribution in [1.29, 1.82) is 0 Å². The van der Waals surface area contributed by atoms with Gasteiger partial charge in [0.2, 0.25) is 0 Å². The van der Waals surface area contributed by atoms with Crippen molar-refractivity contribution in [3.8, 4) is 0 Å². The number of likely N-dealkylation sites (N-methyl/N-ethyl adjacent to an activating group) is 1. The van der Waals surface area contributed by atoms with Crippen LogP contribution in [0.15, 0.2) is 35.3 Å². The maximum Gasteiger partial charge on any atom is 0.191 e. The van der Waals surface area contributed by atoms with Crippen LogP contribution in [0.1, 0.15) is 19.4 Å². The molecular formula is C20H37IN4O2. The van der Waals surface area contributed by atoms with Crippen molar-refractivity contribution in [3.05, 3.63) is 35.9 Å². The number of rotatable bonds is 13. The minimum absolute atomic E-state index is 0. The second-order valence-electron chi connectivity index (χ2n) is 6.55. The Labute approximate surface area is 182 Å². The van der Waals surface area contributed by atoms with E-state index < -0.39 is 0 Å². The fraction of sp³-hybridized carbons (Fsp3) is 0.650. The summed E-state index contributed by atoms with van der Waals surface area (Å²) in [6, 6.07) is 10.3. The van der Waals surface area contributed by atoms with E-state index in [-0.39, 0.29) is 24.0 Å². The molecule has 1 aromatic rings. The predicted octanol–water partition coefficient (Wildman–Crippen LogP) is 2.59. The highest BCUT2D eigenvalue weighted by atomic mass is 127. The minimum atomic E-state index is 0. The molecule has 0 saturated carbocycles. The van der Waals surface area contributed by atoms with Gasteiger partial charge in [0.25, 0.3) is 0 Å². The molecule has 1 unspecified atom stereocenters. The molecule has 27 heavy (non-hydrogen) atoms. The molecule has 1 aromatic carbocycles. The number of benzene rings is 1. The standard InChI is InChI=1S/C20H36N4O2.HI/c1-5-21-20(22-11-12-24(3)13-14-25-4)23-15-18(2)16-26-17-19-9-7-6-8-10-19;/h6-10,18H,5,11-17H2,1-4H3,(H2,21,22,23);1H. The largest absolute Gasteiger partial charge is 0.383 e. The van der Waals surface area contributed by atoms with E-state index in [1.54, 1.807) is 7.11 Å². The summed E-state index contributed by atoms with van der Waals surface area (Å²) in [6.07, 6.45) is 0. The maximum atomic E-state index is 5.80. The van der Waals surface area contributed by atoms with Gasteiger partial charge in [-0.15, -0.1) is 24.0 Å². The van der Waals surface area contributed by atoms with Crippen molar-refractivity contribution in [3.63, 3.8) is 0 Å². The molecule has 0 aliphatic heterocycles. The summed E-state index contributed by atoms with van der Waals surface area (Å²) >= 11 is 0. The summed E-state index contributed by atoms with van der Waals surface area (Å²) in [4.78, 5) is 6.91. The number of nitrogens with one attached hydrogen (secondary N) is 2. The van der Waals surface area contributed by atoms with E-state index in [2.05, 4.69) is 53.6 Å². The van der Waals surface area contributed by atoms with Crippen LogP contribution in [-0.4, -0.2) is 71.0 Å². The van der Waals surface area contributed by atoms with Crippen molar-refractivity contribution in [2.45, 2.75) is 20.5 Å². The quantitative estimate of drug-likeness (QED) is 0.252. The summed E-state index contributed by atoms with van der Waals surface area (Å²) in [7, 11) is 3.82. The van der Waals surface area contributed by atoms with Crippen LogP contribution in [0.5, 0.6) is 0 Å². The second-order valence-corrected chi connectivity index (χ2v) is 6.55. The fourth-order valence-corrected chi connectivity index (χ4v) is 2.32. The van der Waals surface area contributed by atoms with Crippen molar-refractivity contribution < 1.29 is 9.47 Å². The van der Waals surface area contributed by atoms with E-state index in [0.717, 1.165) is 45.3 Å². The van der Waals surface area contributed by atoms with Crippen molar-refractivity contribution in [1.82, 2.24) is 15.5 Å². The summed E-state index contributed by atoms with van der Waals surface area (Å²) in [6.45, 7) is 10.7. The van der Waals surface area contributed by atoms with Crippen molar-refractivity contribution in [2.24, 2.45) is 10.9 Å². The number of hydrogen-bond acceptors (Lipinski definition) is 4. The number of hydrogen-bond donors (Lipinski definition) is 2. The van der Waals surface area contributed by atoms with Crippen LogP contribution < -0.4 is 10.6 Å². The van der Waals surface area contributed by atoms with Gasteiger partial charge >= 0.3 is 0 Å². The summed E-state index contributed by atoms with van der Waals surface area (Å²) in [5, 5.41) is 6.67. The molecule has 0 radical (unpaired) electrons. The lowest BCUT2D eigenvalue weighted by atomic mass is 10.2. The molecule has 6 nitrogen and oxygen atoms in total. The van der Waals surface area contributed by atoms with Crippen molar-refractivity contribution in [2.75, 3.05) is 60.1 Å². The zero-order chi connectivity index (χ0) is 19.0.